The van der Waals surface area contributed by atoms with Gasteiger partial charge in [0.1, 0.15) is 11.5 Å². The van der Waals surface area contributed by atoms with E-state index in [0.29, 0.717) is 30.1 Å². The Balaban J connectivity index is 1.76. The van der Waals surface area contributed by atoms with Gasteiger partial charge >= 0.3 is 5.97 Å². The van der Waals surface area contributed by atoms with E-state index >= 15 is 0 Å². The van der Waals surface area contributed by atoms with Crippen LogP contribution in [0.25, 0.3) is 0 Å². The normalized spacial score (nSPS) is 11.8. The molecule has 3 rings (SSSR count). The third-order valence-electron chi connectivity index (χ3n) is 5.68. The number of rotatable bonds is 11. The van der Waals surface area contributed by atoms with E-state index in [9.17, 15) is 22.4 Å². The van der Waals surface area contributed by atoms with E-state index in [4.69, 9.17) is 14.2 Å². The van der Waals surface area contributed by atoms with Crippen LogP contribution in [0.15, 0.2) is 48.5 Å². The van der Waals surface area contributed by atoms with Crippen molar-refractivity contribution in [2.45, 2.75) is 46.0 Å². The Kier molecular flexibility index (Phi) is 9.33. The molecule has 0 bridgehead atoms. The predicted molar refractivity (Wildman–Crippen MR) is 128 cm³/mol. The third kappa shape index (κ3) is 6.17. The third-order valence-corrected chi connectivity index (χ3v) is 5.68. The molecule has 0 amide bonds. The molecule has 3 aromatic carbocycles. The molecule has 8 heteroatoms. The van der Waals surface area contributed by atoms with E-state index in [2.05, 4.69) is 0 Å². The molecule has 0 aliphatic rings. The quantitative estimate of drug-likeness (QED) is 0.0888. The van der Waals surface area contributed by atoms with E-state index < -0.39 is 46.5 Å². The summed E-state index contributed by atoms with van der Waals surface area (Å²) in [7, 11) is 0. The van der Waals surface area contributed by atoms with Crippen molar-refractivity contribution in [2.75, 3.05) is 13.2 Å². The van der Waals surface area contributed by atoms with Crippen LogP contribution in [0.5, 0.6) is 17.2 Å². The first-order valence-corrected chi connectivity index (χ1v) is 11.8. The minimum absolute atomic E-state index is 0.0519. The highest BCUT2D eigenvalue weighted by Gasteiger charge is 2.30. The second-order valence-electron chi connectivity index (χ2n) is 8.19. The molecule has 3 aromatic rings. The highest BCUT2D eigenvalue weighted by Crippen LogP contribution is 2.36. The molecule has 0 saturated heterocycles. The fourth-order valence-electron chi connectivity index (χ4n) is 3.67. The van der Waals surface area contributed by atoms with Crippen LogP contribution in [-0.2, 0) is 0 Å². The van der Waals surface area contributed by atoms with Crippen LogP contribution in [0.3, 0.4) is 0 Å². The Morgan fingerprint density at radius 2 is 1.36 bits per heavy atom. The predicted octanol–water partition coefficient (Wildman–Crippen LogP) is 7.58. The molecule has 4 nitrogen and oxygen atoms in total. The van der Waals surface area contributed by atoms with Gasteiger partial charge in [-0.05, 0) is 55.3 Å². The van der Waals surface area contributed by atoms with Gasteiger partial charge < -0.3 is 14.2 Å². The van der Waals surface area contributed by atoms with Crippen LogP contribution in [-0.4, -0.2) is 19.2 Å². The van der Waals surface area contributed by atoms with Crippen molar-refractivity contribution < 1.29 is 36.6 Å². The highest BCUT2D eigenvalue weighted by atomic mass is 19.2. The summed E-state index contributed by atoms with van der Waals surface area (Å²) >= 11 is 0. The summed E-state index contributed by atoms with van der Waals surface area (Å²) in [6.45, 7) is 5.66. The number of halogens is 4. The first-order valence-electron chi connectivity index (χ1n) is 11.8. The first-order chi connectivity index (χ1) is 17.3. The molecule has 0 fully saturated rings. The Labute approximate surface area is 207 Å². The highest BCUT2D eigenvalue weighted by molar-refractivity contribution is 5.91. The van der Waals surface area contributed by atoms with Crippen LogP contribution in [0, 0.1) is 23.3 Å². The van der Waals surface area contributed by atoms with E-state index in [1.165, 1.54) is 31.2 Å². The fraction of sp³-hybridized carbons (Fsp3) is 0.321. The molecule has 0 spiro atoms. The van der Waals surface area contributed by atoms with Crippen LogP contribution in [0.1, 0.15) is 67.4 Å². The lowest BCUT2D eigenvalue weighted by Crippen LogP contribution is -2.12. The van der Waals surface area contributed by atoms with Gasteiger partial charge in [0.15, 0.2) is 17.4 Å². The molecule has 0 aliphatic carbocycles. The minimum atomic E-state index is -1.57. The molecule has 0 aliphatic heterocycles. The Hall–Kier alpha value is -3.55. The number of ether oxygens (including phenoxy) is 3. The summed E-state index contributed by atoms with van der Waals surface area (Å²) in [6, 6.07) is 12.2. The maximum Gasteiger partial charge on any atom is 0.343 e. The van der Waals surface area contributed by atoms with Gasteiger partial charge in [0.25, 0.3) is 0 Å². The smallest absolute Gasteiger partial charge is 0.343 e. The molecule has 0 unspecified atom stereocenters. The van der Waals surface area contributed by atoms with Crippen molar-refractivity contribution in [1.29, 1.82) is 0 Å². The number of unbranched alkanes of at least 4 members (excludes halogenated alkanes) is 2. The second-order valence-corrected chi connectivity index (χ2v) is 8.19. The minimum Gasteiger partial charge on any atom is -0.494 e. The van der Waals surface area contributed by atoms with Crippen LogP contribution >= 0.6 is 0 Å². The van der Waals surface area contributed by atoms with Gasteiger partial charge in [0, 0.05) is 11.5 Å². The van der Waals surface area contributed by atoms with Crippen molar-refractivity contribution in [3.05, 3.63) is 88.5 Å². The summed E-state index contributed by atoms with van der Waals surface area (Å²) in [4.78, 5) is 12.5. The summed E-state index contributed by atoms with van der Waals surface area (Å²) in [5.41, 5.74) is -0.217. The summed E-state index contributed by atoms with van der Waals surface area (Å²) in [6.07, 6.45) is 2.11. The molecule has 36 heavy (non-hydrogen) atoms. The van der Waals surface area contributed by atoms with Gasteiger partial charge in [0.2, 0.25) is 11.6 Å². The number of carbonyl (C=O) groups excluding carboxylic acids is 1. The van der Waals surface area contributed by atoms with E-state index in [1.807, 2.05) is 13.8 Å². The van der Waals surface area contributed by atoms with Gasteiger partial charge in [0.05, 0.1) is 18.8 Å². The Bertz CT molecular complexity index is 1150. The van der Waals surface area contributed by atoms with Crippen molar-refractivity contribution in [3.63, 3.8) is 0 Å². The monoisotopic (exact) mass is 504 g/mol. The molecule has 0 radical (unpaired) electrons. The van der Waals surface area contributed by atoms with Gasteiger partial charge in [-0.15, -0.1) is 0 Å². The number of hydrogen-bond acceptors (Lipinski definition) is 4. The fourth-order valence-corrected chi connectivity index (χ4v) is 3.67. The van der Waals surface area contributed by atoms with E-state index in [1.54, 1.807) is 24.3 Å². The Morgan fingerprint density at radius 3 is 1.92 bits per heavy atom. The number of esters is 1. The molecular weight excluding hydrogens is 476 g/mol. The molecule has 1 atom stereocenters. The maximum atomic E-state index is 14.8. The van der Waals surface area contributed by atoms with Gasteiger partial charge in [-0.1, -0.05) is 38.8 Å². The lowest BCUT2D eigenvalue weighted by Gasteiger charge is -2.18. The number of hydrogen-bond donors (Lipinski definition) is 0. The summed E-state index contributed by atoms with van der Waals surface area (Å²) in [5.74, 6) is -7.93. The average molecular weight is 505 g/mol. The molecule has 0 N–H and O–H groups in total. The van der Waals surface area contributed by atoms with Gasteiger partial charge in [-0.3, -0.25) is 0 Å². The summed E-state index contributed by atoms with van der Waals surface area (Å²) in [5, 5.41) is 0. The van der Waals surface area contributed by atoms with Crippen molar-refractivity contribution in [2.24, 2.45) is 0 Å². The molecule has 192 valence electrons. The average Bonchev–Trinajstić information content (AvgIpc) is 2.88. The zero-order chi connectivity index (χ0) is 26.2. The molecule has 0 saturated carbocycles. The first kappa shape index (κ1) is 27.0. The Morgan fingerprint density at radius 1 is 0.778 bits per heavy atom. The van der Waals surface area contributed by atoms with Crippen molar-refractivity contribution >= 4 is 5.97 Å². The van der Waals surface area contributed by atoms with Crippen molar-refractivity contribution in [1.82, 2.24) is 0 Å². The number of benzene rings is 3. The maximum absolute atomic E-state index is 14.8. The van der Waals surface area contributed by atoms with E-state index in [-0.39, 0.29) is 12.2 Å². The number of carbonyl (C=O) groups is 1. The molecule has 0 heterocycles. The lowest BCUT2D eigenvalue weighted by atomic mass is 9.91. The topological polar surface area (TPSA) is 44.8 Å². The van der Waals surface area contributed by atoms with E-state index in [0.717, 1.165) is 12.8 Å². The molecule has 0 aromatic heterocycles. The summed E-state index contributed by atoms with van der Waals surface area (Å²) < 4.78 is 74.4. The van der Waals surface area contributed by atoms with Crippen LogP contribution in [0.4, 0.5) is 17.6 Å². The second kappa shape index (κ2) is 12.4. The largest absolute Gasteiger partial charge is 0.494 e. The standard InChI is InChI=1S/C28H28F4O4/c1-4-6-7-16-35-27-25(31)23(29)22(24(30)26(27)32)17(3)18-8-10-19(11-9-18)28(33)36-21-14-12-20(13-15-21)34-5-2/h8-15,17H,4-7,16H2,1-3H3/t17-/m0/s1. The molecular formula is C28H28F4O4. The van der Waals surface area contributed by atoms with Crippen LogP contribution in [0.2, 0.25) is 0 Å². The van der Waals surface area contributed by atoms with Crippen LogP contribution < -0.4 is 14.2 Å². The zero-order valence-corrected chi connectivity index (χ0v) is 20.4. The lowest BCUT2D eigenvalue weighted by molar-refractivity contribution is 0.0734. The van der Waals surface area contributed by atoms with Crippen molar-refractivity contribution in [3.8, 4) is 17.2 Å². The zero-order valence-electron chi connectivity index (χ0n) is 20.4. The van der Waals surface area contributed by atoms with Gasteiger partial charge in [-0.25, -0.2) is 13.6 Å². The SMILES string of the molecule is CCCCCOc1c(F)c(F)c([C@@H](C)c2ccc(C(=O)Oc3ccc(OCC)cc3)cc2)c(F)c1F. The van der Waals surface area contributed by atoms with Gasteiger partial charge in [-0.2, -0.15) is 8.78 Å².